The summed E-state index contributed by atoms with van der Waals surface area (Å²) in [5.74, 6) is 0.624. The molecular weight excluding hydrogens is 582 g/mol. The molecule has 0 spiro atoms. The van der Waals surface area contributed by atoms with E-state index in [9.17, 15) is 24.0 Å². The van der Waals surface area contributed by atoms with Crippen molar-refractivity contribution >= 4 is 30.2 Å². The van der Waals surface area contributed by atoms with Crippen LogP contribution in [0.4, 0.5) is 24.0 Å². The molecule has 0 aromatic rings. The molecule has 0 aromatic heterocycles. The molecule has 262 valence electrons. The van der Waals surface area contributed by atoms with Gasteiger partial charge in [0.05, 0.1) is 6.04 Å². The van der Waals surface area contributed by atoms with Crippen molar-refractivity contribution in [3.05, 3.63) is 0 Å². The highest BCUT2D eigenvalue weighted by Crippen LogP contribution is 2.05. The minimum absolute atomic E-state index is 0.0177. The molecule has 0 rings (SSSR count). The summed E-state index contributed by atoms with van der Waals surface area (Å²) in [6, 6.07) is -3.36. The van der Waals surface area contributed by atoms with Crippen molar-refractivity contribution in [3.8, 4) is 0 Å². The molecule has 0 aromatic carbocycles. The lowest BCUT2D eigenvalue weighted by atomic mass is 10.0. The number of nitrogens with two attached hydrogens (primary N) is 1. The number of urea groups is 5. The average Bonchev–Trinajstić information content (AvgIpc) is 2.93. The van der Waals surface area contributed by atoms with Crippen molar-refractivity contribution in [1.29, 1.82) is 0 Å². The van der Waals surface area contributed by atoms with Crippen molar-refractivity contribution in [3.63, 3.8) is 0 Å². The van der Waals surface area contributed by atoms with E-state index in [0.29, 0.717) is 31.2 Å². The summed E-state index contributed by atoms with van der Waals surface area (Å²) >= 11 is 0. The molecule has 45 heavy (non-hydrogen) atoms. The van der Waals surface area contributed by atoms with Crippen LogP contribution < -0.4 is 58.9 Å². The summed E-state index contributed by atoms with van der Waals surface area (Å²) in [5, 5.41) is 27.6. The van der Waals surface area contributed by atoms with Crippen molar-refractivity contribution < 1.29 is 24.0 Å². The van der Waals surface area contributed by atoms with E-state index in [-0.39, 0.29) is 74.4 Å². The molecule has 0 aliphatic rings. The van der Waals surface area contributed by atoms with Crippen LogP contribution in [0.1, 0.15) is 68.2 Å². The fraction of sp³-hybridized carbons (Fsp3) is 0.828. The molecule has 0 saturated heterocycles. The third-order valence-electron chi connectivity index (χ3n) is 6.56. The predicted molar refractivity (Wildman–Crippen MR) is 177 cm³/mol. The summed E-state index contributed by atoms with van der Waals surface area (Å²) in [4.78, 5) is 61.3. The van der Waals surface area contributed by atoms with Gasteiger partial charge in [0, 0.05) is 63.9 Å². The van der Waals surface area contributed by atoms with Crippen LogP contribution in [0, 0.1) is 17.8 Å². The quantitative estimate of drug-likeness (QED) is 0.0969. The molecule has 12 N–H and O–H groups in total. The van der Waals surface area contributed by atoms with Gasteiger partial charge in [-0.1, -0.05) is 41.5 Å². The molecule has 10 amide bonds. The number of nitrogens with one attached hydrogen (secondary N) is 10. The highest BCUT2D eigenvalue weighted by Gasteiger charge is 2.20. The highest BCUT2D eigenvalue weighted by molar-refractivity contribution is 5.77. The lowest BCUT2D eigenvalue weighted by molar-refractivity contribution is 0.222. The number of amides is 10. The van der Waals surface area contributed by atoms with Gasteiger partial charge >= 0.3 is 30.2 Å². The Kier molecular flexibility index (Phi) is 20.9. The third-order valence-corrected chi connectivity index (χ3v) is 6.56. The maximum absolute atomic E-state index is 12.7. The molecule has 0 fully saturated rings. The Bertz CT molecular complexity index is 902. The summed E-state index contributed by atoms with van der Waals surface area (Å²) in [7, 11) is 1.52. The van der Waals surface area contributed by atoms with Crippen molar-refractivity contribution in [2.45, 2.75) is 98.4 Å². The normalized spacial score (nSPS) is 14.3. The zero-order valence-corrected chi connectivity index (χ0v) is 28.7. The molecular formula is C29H61N11O5. The first-order chi connectivity index (χ1) is 21.0. The Labute approximate surface area is 269 Å². The zero-order valence-electron chi connectivity index (χ0n) is 28.7. The second-order valence-electron chi connectivity index (χ2n) is 12.8. The number of carbonyl (C=O) groups is 5. The minimum Gasteiger partial charge on any atom is -0.341 e. The van der Waals surface area contributed by atoms with Gasteiger partial charge in [0.25, 0.3) is 0 Å². The number of hydrogen-bond acceptors (Lipinski definition) is 6. The van der Waals surface area contributed by atoms with Crippen molar-refractivity contribution in [2.75, 3.05) is 39.8 Å². The lowest BCUT2D eigenvalue weighted by Crippen LogP contribution is -2.55. The topological polar surface area (TPSA) is 232 Å². The number of rotatable bonds is 19. The second kappa shape index (κ2) is 22.8. The van der Waals surface area contributed by atoms with E-state index in [1.165, 1.54) is 7.05 Å². The van der Waals surface area contributed by atoms with Crippen LogP contribution >= 0.6 is 0 Å². The van der Waals surface area contributed by atoms with E-state index in [1.54, 1.807) is 13.8 Å². The van der Waals surface area contributed by atoms with Gasteiger partial charge in [-0.3, -0.25) is 0 Å². The van der Waals surface area contributed by atoms with Crippen molar-refractivity contribution in [1.82, 2.24) is 53.2 Å². The van der Waals surface area contributed by atoms with E-state index < -0.39 is 18.1 Å². The first-order valence-corrected chi connectivity index (χ1v) is 15.9. The monoisotopic (exact) mass is 643 g/mol. The fourth-order valence-electron chi connectivity index (χ4n) is 4.22. The first-order valence-electron chi connectivity index (χ1n) is 15.9. The molecule has 16 heteroatoms. The summed E-state index contributed by atoms with van der Waals surface area (Å²) in [6.45, 7) is 16.7. The Balaban J connectivity index is 4.70. The maximum atomic E-state index is 12.7. The van der Waals surface area contributed by atoms with Gasteiger partial charge in [-0.2, -0.15) is 0 Å². The number of hydrogen-bond donors (Lipinski definition) is 11. The molecule has 0 radical (unpaired) electrons. The van der Waals surface area contributed by atoms with E-state index in [4.69, 9.17) is 5.73 Å². The second-order valence-corrected chi connectivity index (χ2v) is 12.8. The molecule has 5 atom stereocenters. The smallest absolute Gasteiger partial charge is 0.315 e. The molecule has 0 bridgehead atoms. The van der Waals surface area contributed by atoms with E-state index in [1.807, 2.05) is 41.5 Å². The van der Waals surface area contributed by atoms with E-state index >= 15 is 0 Å². The SMILES string of the molecule is CNC(=O)NC[C@H](CC(C)C)NC(=O)NC[C@H](C)NC(=O)NC[C@@H](NC(=O)NC[C@H](CC(C)C)NC(=O)NC[C@H](C)N)C(C)C. The first kappa shape index (κ1) is 41.3. The lowest BCUT2D eigenvalue weighted by Gasteiger charge is -2.25. The van der Waals surface area contributed by atoms with E-state index in [2.05, 4.69) is 53.2 Å². The predicted octanol–water partition coefficient (Wildman–Crippen LogP) is 0.702. The van der Waals surface area contributed by atoms with Gasteiger partial charge in [-0.05, 0) is 44.4 Å². The summed E-state index contributed by atoms with van der Waals surface area (Å²) in [6.07, 6.45) is 1.35. The van der Waals surface area contributed by atoms with E-state index in [0.717, 1.165) is 0 Å². The van der Waals surface area contributed by atoms with Crippen LogP contribution in [-0.4, -0.2) is 100 Å². The van der Waals surface area contributed by atoms with Gasteiger partial charge in [-0.15, -0.1) is 0 Å². The van der Waals surface area contributed by atoms with Gasteiger partial charge in [0.1, 0.15) is 0 Å². The Morgan fingerprint density at radius 3 is 1.36 bits per heavy atom. The van der Waals surface area contributed by atoms with Crippen LogP contribution in [-0.2, 0) is 0 Å². The third kappa shape index (κ3) is 22.5. The average molecular weight is 644 g/mol. The van der Waals surface area contributed by atoms with Gasteiger partial charge < -0.3 is 58.9 Å². The summed E-state index contributed by atoms with van der Waals surface area (Å²) < 4.78 is 0. The van der Waals surface area contributed by atoms with Crippen LogP contribution in [0.3, 0.4) is 0 Å². The Hall–Kier alpha value is -3.69. The molecule has 0 unspecified atom stereocenters. The Morgan fingerprint density at radius 2 is 0.911 bits per heavy atom. The molecule has 0 aliphatic heterocycles. The fourth-order valence-corrected chi connectivity index (χ4v) is 4.22. The maximum Gasteiger partial charge on any atom is 0.315 e. The van der Waals surface area contributed by atoms with Crippen molar-refractivity contribution in [2.24, 2.45) is 23.5 Å². The van der Waals surface area contributed by atoms with Crippen LogP contribution in [0.25, 0.3) is 0 Å². The number of carbonyl (C=O) groups excluding carboxylic acids is 5. The zero-order chi connectivity index (χ0) is 34.5. The minimum atomic E-state index is -0.441. The molecule has 0 heterocycles. The van der Waals surface area contributed by atoms with Crippen LogP contribution in [0.2, 0.25) is 0 Å². The van der Waals surface area contributed by atoms with Gasteiger partial charge in [0.2, 0.25) is 0 Å². The Morgan fingerprint density at radius 1 is 0.511 bits per heavy atom. The highest BCUT2D eigenvalue weighted by atomic mass is 16.2. The van der Waals surface area contributed by atoms with Gasteiger partial charge in [-0.25, -0.2) is 24.0 Å². The largest absolute Gasteiger partial charge is 0.341 e. The molecule has 16 nitrogen and oxygen atoms in total. The van der Waals surface area contributed by atoms with Gasteiger partial charge in [0.15, 0.2) is 0 Å². The van der Waals surface area contributed by atoms with Crippen LogP contribution in [0.15, 0.2) is 0 Å². The van der Waals surface area contributed by atoms with Crippen LogP contribution in [0.5, 0.6) is 0 Å². The molecule has 0 aliphatic carbocycles. The summed E-state index contributed by atoms with van der Waals surface area (Å²) in [5.41, 5.74) is 5.69. The standard InChI is InChI=1S/C29H61N11O5/c1-17(2)10-22(14-34-25(41)31-9)39-28(44)33-13-21(8)37-26(42)36-16-24(19(5)6)40-29(45)35-15-23(11-18(3)4)38-27(43)32-12-20(7)30/h17-24H,10-16,30H2,1-9H3,(H2,31,34,41)(H2,32,38,43)(H2,33,39,44)(H2,35,40,45)(H2,36,37,42)/t20-,21-,22-,23-,24+/m0/s1. The molecule has 0 saturated carbocycles.